The second kappa shape index (κ2) is 7.06. The van der Waals surface area contributed by atoms with Gasteiger partial charge in [-0.05, 0) is 35.9 Å². The van der Waals surface area contributed by atoms with Gasteiger partial charge in [0.15, 0.2) is 11.6 Å². The summed E-state index contributed by atoms with van der Waals surface area (Å²) < 4.78 is 0. The smallest absolute Gasteiger partial charge is 0.230 e. The van der Waals surface area contributed by atoms with Crippen LogP contribution in [-0.2, 0) is 11.2 Å². The first-order valence-corrected chi connectivity index (χ1v) is 8.28. The fourth-order valence-corrected chi connectivity index (χ4v) is 2.77. The number of H-pyrrole nitrogens is 1. The fourth-order valence-electron chi connectivity index (χ4n) is 2.77. The van der Waals surface area contributed by atoms with Crippen LogP contribution in [0.2, 0.25) is 0 Å². The molecule has 26 heavy (non-hydrogen) atoms. The van der Waals surface area contributed by atoms with Crippen molar-refractivity contribution in [2.45, 2.75) is 6.42 Å². The Bertz CT molecular complexity index is 1020. The molecule has 0 fully saturated rings. The number of para-hydroxylation sites is 2. The Morgan fingerprint density at radius 2 is 1.62 bits per heavy atom. The predicted octanol–water partition coefficient (Wildman–Crippen LogP) is 3.88. The zero-order chi connectivity index (χ0) is 17.8. The van der Waals surface area contributed by atoms with Gasteiger partial charge < -0.3 is 15.6 Å². The minimum atomic E-state index is -0.132. The zero-order valence-electron chi connectivity index (χ0n) is 13.9. The molecule has 4 aromatic rings. The molecule has 2 aromatic carbocycles. The number of aromatic nitrogens is 3. The van der Waals surface area contributed by atoms with Crippen LogP contribution in [0.4, 0.5) is 17.3 Å². The molecule has 4 rings (SSSR count). The Labute approximate surface area is 150 Å². The van der Waals surface area contributed by atoms with Gasteiger partial charge in [0, 0.05) is 22.8 Å². The van der Waals surface area contributed by atoms with Crippen molar-refractivity contribution >= 4 is 34.1 Å². The molecule has 6 heteroatoms. The van der Waals surface area contributed by atoms with E-state index in [0.29, 0.717) is 11.6 Å². The molecule has 3 N–H and O–H groups in total. The SMILES string of the molecule is O=C(Cc1c[nH]c2ccccc12)Nc1ccc(Nc2ccccc2)nn1. The largest absolute Gasteiger partial charge is 0.361 e. The molecule has 0 unspecified atom stereocenters. The minimum absolute atomic E-state index is 0.132. The standard InChI is InChI=1S/C20H17N5O/c26-20(12-14-13-21-17-9-5-4-8-16(14)17)23-19-11-10-18(24-25-19)22-15-6-2-1-3-7-15/h1-11,13,21H,12H2,(H,22,24)(H,23,25,26). The third-order valence-corrected chi connectivity index (χ3v) is 4.00. The van der Waals surface area contributed by atoms with Crippen LogP contribution in [0, 0.1) is 0 Å². The fraction of sp³-hybridized carbons (Fsp3) is 0.0500. The number of hydrogen-bond donors (Lipinski definition) is 3. The summed E-state index contributed by atoms with van der Waals surface area (Å²) in [6, 6.07) is 21.1. The lowest BCUT2D eigenvalue weighted by atomic mass is 10.1. The van der Waals surface area contributed by atoms with Crippen LogP contribution in [0.1, 0.15) is 5.56 Å². The molecule has 2 heterocycles. The third kappa shape index (κ3) is 3.54. The van der Waals surface area contributed by atoms with Crippen molar-refractivity contribution in [1.29, 1.82) is 0 Å². The van der Waals surface area contributed by atoms with Crippen LogP contribution >= 0.6 is 0 Å². The van der Waals surface area contributed by atoms with E-state index in [1.54, 1.807) is 12.1 Å². The molecule has 0 atom stereocenters. The number of aromatic amines is 1. The molecule has 0 saturated heterocycles. The van der Waals surface area contributed by atoms with Crippen molar-refractivity contribution in [2.24, 2.45) is 0 Å². The molecule has 0 radical (unpaired) electrons. The van der Waals surface area contributed by atoms with Crippen LogP contribution in [0.3, 0.4) is 0 Å². The zero-order valence-corrected chi connectivity index (χ0v) is 13.9. The molecule has 128 valence electrons. The van der Waals surface area contributed by atoms with Crippen molar-refractivity contribution in [3.05, 3.63) is 78.5 Å². The number of carbonyl (C=O) groups is 1. The molecule has 0 aliphatic rings. The Morgan fingerprint density at radius 3 is 2.42 bits per heavy atom. The first-order valence-electron chi connectivity index (χ1n) is 8.28. The van der Waals surface area contributed by atoms with E-state index < -0.39 is 0 Å². The maximum Gasteiger partial charge on any atom is 0.230 e. The van der Waals surface area contributed by atoms with Gasteiger partial charge in [-0.25, -0.2) is 0 Å². The van der Waals surface area contributed by atoms with Gasteiger partial charge in [0.1, 0.15) is 0 Å². The molecule has 0 spiro atoms. The average molecular weight is 343 g/mol. The van der Waals surface area contributed by atoms with E-state index in [-0.39, 0.29) is 12.3 Å². The molecule has 1 amide bonds. The monoisotopic (exact) mass is 343 g/mol. The quantitative estimate of drug-likeness (QED) is 0.513. The number of fused-ring (bicyclic) bond motifs is 1. The van der Waals surface area contributed by atoms with Gasteiger partial charge >= 0.3 is 0 Å². The minimum Gasteiger partial charge on any atom is -0.361 e. The summed E-state index contributed by atoms with van der Waals surface area (Å²) >= 11 is 0. The van der Waals surface area contributed by atoms with E-state index in [2.05, 4.69) is 25.8 Å². The van der Waals surface area contributed by atoms with Crippen LogP contribution in [0.5, 0.6) is 0 Å². The summed E-state index contributed by atoms with van der Waals surface area (Å²) in [7, 11) is 0. The topological polar surface area (TPSA) is 82.7 Å². The summed E-state index contributed by atoms with van der Waals surface area (Å²) in [5, 5.41) is 15.1. The lowest BCUT2D eigenvalue weighted by molar-refractivity contribution is -0.115. The summed E-state index contributed by atoms with van der Waals surface area (Å²) in [6.45, 7) is 0. The van der Waals surface area contributed by atoms with Crippen molar-refractivity contribution in [3.63, 3.8) is 0 Å². The van der Waals surface area contributed by atoms with Crippen LogP contribution in [-0.4, -0.2) is 21.1 Å². The normalized spacial score (nSPS) is 10.6. The number of hydrogen-bond acceptors (Lipinski definition) is 4. The maximum atomic E-state index is 12.3. The van der Waals surface area contributed by atoms with E-state index >= 15 is 0 Å². The van der Waals surface area contributed by atoms with Gasteiger partial charge in [-0.2, -0.15) is 0 Å². The van der Waals surface area contributed by atoms with Crippen molar-refractivity contribution in [3.8, 4) is 0 Å². The predicted molar refractivity (Wildman–Crippen MR) is 102 cm³/mol. The molecule has 0 saturated carbocycles. The van der Waals surface area contributed by atoms with E-state index in [0.717, 1.165) is 22.2 Å². The number of anilines is 3. The van der Waals surface area contributed by atoms with Gasteiger partial charge in [0.2, 0.25) is 5.91 Å². The number of carbonyl (C=O) groups excluding carboxylic acids is 1. The summed E-state index contributed by atoms with van der Waals surface area (Å²) in [6.07, 6.45) is 2.14. The van der Waals surface area contributed by atoms with Gasteiger partial charge in [0.05, 0.1) is 6.42 Å². The molecule has 0 aliphatic heterocycles. The van der Waals surface area contributed by atoms with Gasteiger partial charge in [-0.1, -0.05) is 36.4 Å². The molecule has 0 bridgehead atoms. The van der Waals surface area contributed by atoms with E-state index in [4.69, 9.17) is 0 Å². The van der Waals surface area contributed by atoms with Crippen LogP contribution < -0.4 is 10.6 Å². The maximum absolute atomic E-state index is 12.3. The second-order valence-electron chi connectivity index (χ2n) is 5.88. The highest BCUT2D eigenvalue weighted by molar-refractivity contribution is 5.95. The van der Waals surface area contributed by atoms with E-state index in [1.165, 1.54) is 0 Å². The average Bonchev–Trinajstić information content (AvgIpc) is 3.07. The highest BCUT2D eigenvalue weighted by atomic mass is 16.1. The number of amides is 1. The number of nitrogens with one attached hydrogen (secondary N) is 3. The lowest BCUT2D eigenvalue weighted by Gasteiger charge is -2.06. The number of benzene rings is 2. The van der Waals surface area contributed by atoms with Crippen LogP contribution in [0.25, 0.3) is 10.9 Å². The Morgan fingerprint density at radius 1 is 0.885 bits per heavy atom. The first-order chi connectivity index (χ1) is 12.8. The van der Waals surface area contributed by atoms with Gasteiger partial charge in [-0.15, -0.1) is 10.2 Å². The molecular formula is C20H17N5O. The molecule has 2 aromatic heterocycles. The van der Waals surface area contributed by atoms with Crippen LogP contribution in [0.15, 0.2) is 72.9 Å². The first kappa shape index (κ1) is 15.8. The summed E-state index contributed by atoms with van der Waals surface area (Å²) in [4.78, 5) is 15.5. The van der Waals surface area contributed by atoms with Crippen molar-refractivity contribution < 1.29 is 4.79 Å². The molecule has 0 aliphatic carbocycles. The van der Waals surface area contributed by atoms with Crippen molar-refractivity contribution in [2.75, 3.05) is 10.6 Å². The second-order valence-corrected chi connectivity index (χ2v) is 5.88. The number of nitrogens with zero attached hydrogens (tertiary/aromatic N) is 2. The summed E-state index contributed by atoms with van der Waals surface area (Å²) in [5.41, 5.74) is 2.90. The third-order valence-electron chi connectivity index (χ3n) is 4.00. The highest BCUT2D eigenvalue weighted by Crippen LogP contribution is 2.19. The van der Waals surface area contributed by atoms with E-state index in [9.17, 15) is 4.79 Å². The Balaban J connectivity index is 1.40. The van der Waals surface area contributed by atoms with E-state index in [1.807, 2.05) is 60.8 Å². The Hall–Kier alpha value is -3.67. The molecule has 6 nitrogen and oxygen atoms in total. The lowest BCUT2D eigenvalue weighted by Crippen LogP contribution is -2.15. The van der Waals surface area contributed by atoms with Gasteiger partial charge in [0.25, 0.3) is 0 Å². The van der Waals surface area contributed by atoms with Crippen molar-refractivity contribution in [1.82, 2.24) is 15.2 Å². The highest BCUT2D eigenvalue weighted by Gasteiger charge is 2.09. The Kier molecular flexibility index (Phi) is 4.30. The van der Waals surface area contributed by atoms with Gasteiger partial charge in [-0.3, -0.25) is 4.79 Å². The number of rotatable bonds is 5. The molecular weight excluding hydrogens is 326 g/mol. The summed E-state index contributed by atoms with van der Waals surface area (Å²) in [5.74, 6) is 0.909.